The van der Waals surface area contributed by atoms with Crippen LogP contribution in [0.1, 0.15) is 36.0 Å². The predicted molar refractivity (Wildman–Crippen MR) is 122 cm³/mol. The Labute approximate surface area is 191 Å². The normalized spacial score (nSPS) is 14.2. The Morgan fingerprint density at radius 1 is 0.848 bits per heavy atom. The summed E-state index contributed by atoms with van der Waals surface area (Å²) in [6.45, 7) is 0.957. The zero-order valence-electron chi connectivity index (χ0n) is 18.2. The van der Waals surface area contributed by atoms with E-state index in [0.29, 0.717) is 31.5 Å². The van der Waals surface area contributed by atoms with Crippen molar-refractivity contribution in [3.63, 3.8) is 0 Å². The van der Waals surface area contributed by atoms with E-state index >= 15 is 0 Å². The van der Waals surface area contributed by atoms with E-state index in [9.17, 15) is 18.4 Å². The van der Waals surface area contributed by atoms with Crippen LogP contribution in [0.15, 0.2) is 72.8 Å². The average molecular weight is 449 g/mol. The monoisotopic (exact) mass is 449 g/mol. The van der Waals surface area contributed by atoms with E-state index in [1.54, 1.807) is 17.0 Å². The van der Waals surface area contributed by atoms with E-state index in [1.807, 2.05) is 42.5 Å². The number of hydrogen-bond acceptors (Lipinski definition) is 3. The van der Waals surface area contributed by atoms with Gasteiger partial charge in [0.25, 0.3) is 0 Å². The lowest BCUT2D eigenvalue weighted by Gasteiger charge is -2.32. The van der Waals surface area contributed by atoms with Crippen LogP contribution < -0.4 is 4.74 Å². The first-order valence-corrected chi connectivity index (χ1v) is 11.1. The first-order chi connectivity index (χ1) is 16.0. The largest absolute Gasteiger partial charge is 0.487 e. The van der Waals surface area contributed by atoms with Crippen molar-refractivity contribution < 1.29 is 23.1 Å². The lowest BCUT2D eigenvalue weighted by atomic mass is 10.0. The molecule has 1 aliphatic rings. The van der Waals surface area contributed by atoms with Crippen molar-refractivity contribution in [3.8, 4) is 16.9 Å². The van der Waals surface area contributed by atoms with Gasteiger partial charge in [0.15, 0.2) is 17.3 Å². The number of likely N-dealkylation sites (tertiary alicyclic amines) is 1. The van der Waals surface area contributed by atoms with Crippen molar-refractivity contribution in [2.45, 2.75) is 31.8 Å². The lowest BCUT2D eigenvalue weighted by molar-refractivity contribution is -0.132. The summed E-state index contributed by atoms with van der Waals surface area (Å²) in [5.74, 6) is -1.50. The molecule has 1 heterocycles. The minimum Gasteiger partial charge on any atom is -0.487 e. The van der Waals surface area contributed by atoms with Crippen LogP contribution in [-0.4, -0.2) is 35.8 Å². The van der Waals surface area contributed by atoms with Gasteiger partial charge in [0.2, 0.25) is 5.91 Å². The first kappa shape index (κ1) is 22.6. The van der Waals surface area contributed by atoms with Gasteiger partial charge in [0.05, 0.1) is 0 Å². The Balaban J connectivity index is 1.23. The minimum absolute atomic E-state index is 0.0186. The molecule has 0 bridgehead atoms. The Kier molecular flexibility index (Phi) is 7.13. The molecular formula is C27H25F2NO3. The number of amides is 1. The molecule has 4 nitrogen and oxygen atoms in total. The fourth-order valence-corrected chi connectivity index (χ4v) is 3.98. The highest BCUT2D eigenvalue weighted by atomic mass is 19.1. The van der Waals surface area contributed by atoms with Gasteiger partial charge in [-0.2, -0.15) is 0 Å². The number of carbonyl (C=O) groups excluding carboxylic acids is 2. The Bertz CT molecular complexity index is 1110. The Morgan fingerprint density at radius 2 is 1.52 bits per heavy atom. The van der Waals surface area contributed by atoms with Crippen LogP contribution in [-0.2, 0) is 4.79 Å². The molecule has 1 fully saturated rings. The van der Waals surface area contributed by atoms with Gasteiger partial charge >= 0.3 is 0 Å². The molecule has 170 valence electrons. The fraction of sp³-hybridized carbons (Fsp3) is 0.259. The van der Waals surface area contributed by atoms with Crippen molar-refractivity contribution in [2.24, 2.45) is 0 Å². The highest BCUT2D eigenvalue weighted by Crippen LogP contribution is 2.24. The molecule has 0 aromatic heterocycles. The number of rotatable bonds is 7. The van der Waals surface area contributed by atoms with Crippen LogP contribution >= 0.6 is 0 Å². The van der Waals surface area contributed by atoms with E-state index < -0.39 is 11.6 Å². The second-order valence-electron chi connectivity index (χ2n) is 8.14. The second kappa shape index (κ2) is 10.4. The molecule has 6 heteroatoms. The zero-order chi connectivity index (χ0) is 23.2. The molecule has 0 spiro atoms. The fourth-order valence-electron chi connectivity index (χ4n) is 3.98. The van der Waals surface area contributed by atoms with Crippen molar-refractivity contribution in [3.05, 3.63) is 90.0 Å². The van der Waals surface area contributed by atoms with Crippen molar-refractivity contribution in [1.29, 1.82) is 0 Å². The van der Waals surface area contributed by atoms with Gasteiger partial charge < -0.3 is 9.64 Å². The SMILES string of the molecule is O=C(CCC(=O)N1CCC(Oc2ccc(F)cc2F)CC1)c1ccc(-c2ccccc2)cc1. The molecule has 0 saturated carbocycles. The quantitative estimate of drug-likeness (QED) is 0.437. The highest BCUT2D eigenvalue weighted by molar-refractivity contribution is 5.98. The topological polar surface area (TPSA) is 46.6 Å². The molecule has 0 N–H and O–H groups in total. The van der Waals surface area contributed by atoms with Gasteiger partial charge in [-0.15, -0.1) is 0 Å². The van der Waals surface area contributed by atoms with Gasteiger partial charge in [-0.1, -0.05) is 54.6 Å². The highest BCUT2D eigenvalue weighted by Gasteiger charge is 2.25. The third-order valence-electron chi connectivity index (χ3n) is 5.86. The van der Waals surface area contributed by atoms with Crippen LogP contribution in [0.5, 0.6) is 5.75 Å². The van der Waals surface area contributed by atoms with Crippen LogP contribution in [0.2, 0.25) is 0 Å². The van der Waals surface area contributed by atoms with E-state index in [-0.39, 0.29) is 36.4 Å². The van der Waals surface area contributed by atoms with E-state index in [2.05, 4.69) is 0 Å². The maximum atomic E-state index is 13.8. The van der Waals surface area contributed by atoms with Crippen LogP contribution in [0.3, 0.4) is 0 Å². The molecule has 1 saturated heterocycles. The van der Waals surface area contributed by atoms with Gasteiger partial charge in [-0.05, 0) is 23.3 Å². The summed E-state index contributed by atoms with van der Waals surface area (Å²) in [7, 11) is 0. The van der Waals surface area contributed by atoms with E-state index in [4.69, 9.17) is 4.74 Å². The Hall–Kier alpha value is -3.54. The van der Waals surface area contributed by atoms with Gasteiger partial charge in [0.1, 0.15) is 11.9 Å². The molecule has 3 aromatic carbocycles. The van der Waals surface area contributed by atoms with Crippen molar-refractivity contribution >= 4 is 11.7 Å². The maximum absolute atomic E-state index is 13.8. The third-order valence-corrected chi connectivity index (χ3v) is 5.86. The molecule has 3 aromatic rings. The number of ketones is 1. The minimum atomic E-state index is -0.733. The molecule has 0 atom stereocenters. The van der Waals surface area contributed by atoms with Crippen molar-refractivity contribution in [2.75, 3.05) is 13.1 Å². The number of Topliss-reactive ketones (excluding diaryl/α,β-unsaturated/α-hetero) is 1. The summed E-state index contributed by atoms with van der Waals surface area (Å²) in [5.41, 5.74) is 2.71. The summed E-state index contributed by atoms with van der Waals surface area (Å²) in [5, 5.41) is 0. The molecule has 33 heavy (non-hydrogen) atoms. The smallest absolute Gasteiger partial charge is 0.223 e. The molecule has 0 unspecified atom stereocenters. The Morgan fingerprint density at radius 3 is 2.18 bits per heavy atom. The summed E-state index contributed by atoms with van der Waals surface area (Å²) in [4.78, 5) is 26.8. The molecular weight excluding hydrogens is 424 g/mol. The number of ether oxygens (including phenoxy) is 1. The summed E-state index contributed by atoms with van der Waals surface area (Å²) >= 11 is 0. The summed E-state index contributed by atoms with van der Waals surface area (Å²) < 4.78 is 32.4. The summed E-state index contributed by atoms with van der Waals surface area (Å²) in [6, 6.07) is 20.6. The number of piperidine rings is 1. The molecule has 1 amide bonds. The summed E-state index contributed by atoms with van der Waals surface area (Å²) in [6.07, 6.45) is 1.17. The average Bonchev–Trinajstić information content (AvgIpc) is 2.85. The lowest BCUT2D eigenvalue weighted by Crippen LogP contribution is -2.41. The standard InChI is InChI=1S/C27H25F2NO3/c28-22-10-12-26(24(29)18-22)33-23-14-16-30(17-15-23)27(32)13-11-25(31)21-8-6-20(7-9-21)19-4-2-1-3-5-19/h1-10,12,18,23H,11,13-17H2. The number of benzene rings is 3. The maximum Gasteiger partial charge on any atom is 0.223 e. The molecule has 0 radical (unpaired) electrons. The van der Waals surface area contributed by atoms with Gasteiger partial charge in [0, 0.05) is 50.4 Å². The number of nitrogens with zero attached hydrogens (tertiary/aromatic N) is 1. The van der Waals surface area contributed by atoms with Gasteiger partial charge in [-0.25, -0.2) is 8.78 Å². The van der Waals surface area contributed by atoms with Crippen molar-refractivity contribution in [1.82, 2.24) is 4.90 Å². The first-order valence-electron chi connectivity index (χ1n) is 11.1. The number of halogens is 2. The van der Waals surface area contributed by atoms with E-state index in [1.165, 1.54) is 6.07 Å². The van der Waals surface area contributed by atoms with Crippen LogP contribution in [0.25, 0.3) is 11.1 Å². The zero-order valence-corrected chi connectivity index (χ0v) is 18.2. The predicted octanol–water partition coefficient (Wildman–Crippen LogP) is 5.66. The molecule has 1 aliphatic heterocycles. The third kappa shape index (κ3) is 5.83. The molecule has 0 aliphatic carbocycles. The number of hydrogen-bond donors (Lipinski definition) is 0. The van der Waals surface area contributed by atoms with Gasteiger partial charge in [-0.3, -0.25) is 9.59 Å². The van der Waals surface area contributed by atoms with E-state index in [0.717, 1.165) is 23.3 Å². The van der Waals surface area contributed by atoms with Crippen LogP contribution in [0.4, 0.5) is 8.78 Å². The second-order valence-corrected chi connectivity index (χ2v) is 8.14. The molecule has 4 rings (SSSR count). The number of carbonyl (C=O) groups is 2. The van der Waals surface area contributed by atoms with Crippen LogP contribution in [0, 0.1) is 11.6 Å².